The van der Waals surface area contributed by atoms with Crippen LogP contribution in [0.5, 0.6) is 0 Å². The van der Waals surface area contributed by atoms with Gasteiger partial charge in [-0.05, 0) is 12.8 Å². The first-order chi connectivity index (χ1) is 7.68. The van der Waals surface area contributed by atoms with Gasteiger partial charge in [-0.1, -0.05) is 0 Å². The van der Waals surface area contributed by atoms with Crippen LogP contribution in [0.4, 0.5) is 0 Å². The van der Waals surface area contributed by atoms with Crippen LogP contribution in [0, 0.1) is 0 Å². The molecule has 7 heteroatoms. The molecule has 2 heterocycles. The highest BCUT2D eigenvalue weighted by Crippen LogP contribution is 2.22. The minimum atomic E-state index is -0.874. The predicted octanol–water partition coefficient (Wildman–Crippen LogP) is 0.617. The molecule has 16 heavy (non-hydrogen) atoms. The molecule has 0 spiro atoms. The van der Waals surface area contributed by atoms with Crippen LogP contribution < -0.4 is 0 Å². The number of aromatic nitrogens is 2. The number of carboxylic acid groups (broad SMARTS) is 1. The lowest BCUT2D eigenvalue weighted by molar-refractivity contribution is -0.137. The van der Waals surface area contributed by atoms with Crippen LogP contribution in [0.15, 0.2) is 6.20 Å². The zero-order valence-electron chi connectivity index (χ0n) is 8.50. The maximum atomic E-state index is 11.9. The van der Waals surface area contributed by atoms with Crippen LogP contribution in [0.1, 0.15) is 29.8 Å². The van der Waals surface area contributed by atoms with Crippen molar-refractivity contribution in [1.29, 1.82) is 0 Å². The SMILES string of the molecule is O=C(O)CC1CCCN1C(=O)c1cnsn1. The Hall–Kier alpha value is -1.50. The fraction of sp³-hybridized carbons (Fsp3) is 0.556. The van der Waals surface area contributed by atoms with E-state index in [1.54, 1.807) is 4.90 Å². The van der Waals surface area contributed by atoms with Crippen LogP contribution >= 0.6 is 11.7 Å². The number of likely N-dealkylation sites (tertiary alicyclic amines) is 1. The monoisotopic (exact) mass is 241 g/mol. The van der Waals surface area contributed by atoms with Crippen molar-refractivity contribution in [2.45, 2.75) is 25.3 Å². The molecule has 1 aromatic heterocycles. The molecule has 1 aliphatic heterocycles. The highest BCUT2D eigenvalue weighted by Gasteiger charge is 2.31. The van der Waals surface area contributed by atoms with Gasteiger partial charge in [-0.15, -0.1) is 0 Å². The molecule has 1 fully saturated rings. The maximum Gasteiger partial charge on any atom is 0.305 e. The van der Waals surface area contributed by atoms with Crippen molar-refractivity contribution >= 4 is 23.6 Å². The summed E-state index contributed by atoms with van der Waals surface area (Å²) in [5.74, 6) is -1.08. The van der Waals surface area contributed by atoms with Gasteiger partial charge in [0.15, 0.2) is 5.69 Å². The van der Waals surface area contributed by atoms with Gasteiger partial charge in [0.05, 0.1) is 24.3 Å². The Labute approximate surface area is 96.2 Å². The average molecular weight is 241 g/mol. The van der Waals surface area contributed by atoms with E-state index < -0.39 is 5.97 Å². The summed E-state index contributed by atoms with van der Waals surface area (Å²) in [7, 11) is 0. The molecular formula is C9H11N3O3S. The molecule has 1 unspecified atom stereocenters. The number of carbonyl (C=O) groups is 2. The van der Waals surface area contributed by atoms with E-state index in [-0.39, 0.29) is 18.4 Å². The first-order valence-electron chi connectivity index (χ1n) is 4.99. The standard InChI is InChI=1S/C9H11N3O3S/c13-8(14)4-6-2-1-3-12(6)9(15)7-5-10-16-11-7/h5-6H,1-4H2,(H,13,14). The summed E-state index contributed by atoms with van der Waals surface area (Å²) in [6, 6.07) is -0.202. The second-order valence-electron chi connectivity index (χ2n) is 3.69. The second kappa shape index (κ2) is 4.56. The summed E-state index contributed by atoms with van der Waals surface area (Å²) >= 11 is 0.978. The summed E-state index contributed by atoms with van der Waals surface area (Å²) in [5.41, 5.74) is 0.308. The van der Waals surface area contributed by atoms with Crippen molar-refractivity contribution in [3.8, 4) is 0 Å². The molecule has 2 rings (SSSR count). The number of rotatable bonds is 3. The summed E-state index contributed by atoms with van der Waals surface area (Å²) < 4.78 is 7.63. The Bertz CT molecular complexity index is 393. The Morgan fingerprint density at radius 1 is 1.62 bits per heavy atom. The third-order valence-electron chi connectivity index (χ3n) is 2.63. The van der Waals surface area contributed by atoms with Crippen molar-refractivity contribution in [3.05, 3.63) is 11.9 Å². The lowest BCUT2D eigenvalue weighted by Crippen LogP contribution is -2.37. The van der Waals surface area contributed by atoms with Crippen molar-refractivity contribution in [2.75, 3.05) is 6.54 Å². The Kier molecular flexibility index (Phi) is 3.14. The number of nitrogens with zero attached hydrogens (tertiary/aromatic N) is 3. The van der Waals surface area contributed by atoms with Crippen LogP contribution in [0.2, 0.25) is 0 Å². The molecule has 0 saturated carbocycles. The largest absolute Gasteiger partial charge is 0.481 e. The van der Waals surface area contributed by atoms with Crippen LogP contribution in [0.25, 0.3) is 0 Å². The van der Waals surface area contributed by atoms with E-state index in [4.69, 9.17) is 5.11 Å². The maximum absolute atomic E-state index is 11.9. The predicted molar refractivity (Wildman–Crippen MR) is 56.2 cm³/mol. The van der Waals surface area contributed by atoms with Gasteiger partial charge in [-0.2, -0.15) is 8.75 Å². The van der Waals surface area contributed by atoms with Gasteiger partial charge >= 0.3 is 5.97 Å². The van der Waals surface area contributed by atoms with Crippen LogP contribution in [-0.2, 0) is 4.79 Å². The summed E-state index contributed by atoms with van der Waals surface area (Å²) in [4.78, 5) is 24.2. The molecule has 0 bridgehead atoms. The van der Waals surface area contributed by atoms with Gasteiger partial charge in [0.25, 0.3) is 5.91 Å². The van der Waals surface area contributed by atoms with E-state index in [9.17, 15) is 9.59 Å². The van der Waals surface area contributed by atoms with Gasteiger partial charge in [0.1, 0.15) is 0 Å². The fourth-order valence-corrected chi connectivity index (χ4v) is 2.33. The fourth-order valence-electron chi connectivity index (χ4n) is 1.92. The number of hydrogen-bond acceptors (Lipinski definition) is 5. The van der Waals surface area contributed by atoms with E-state index >= 15 is 0 Å². The van der Waals surface area contributed by atoms with Crippen LogP contribution in [0.3, 0.4) is 0 Å². The smallest absolute Gasteiger partial charge is 0.305 e. The normalized spacial score (nSPS) is 20.0. The van der Waals surface area contributed by atoms with Gasteiger partial charge in [0.2, 0.25) is 0 Å². The molecular weight excluding hydrogens is 230 g/mol. The first kappa shape index (κ1) is 11.0. The molecule has 1 N–H and O–H groups in total. The van der Waals surface area contributed by atoms with Gasteiger partial charge in [-0.25, -0.2) is 0 Å². The van der Waals surface area contributed by atoms with E-state index in [2.05, 4.69) is 8.75 Å². The summed E-state index contributed by atoms with van der Waals surface area (Å²) in [6.07, 6.45) is 3.02. The Morgan fingerprint density at radius 3 is 3.06 bits per heavy atom. The molecule has 1 saturated heterocycles. The molecule has 1 aromatic rings. The molecule has 6 nitrogen and oxygen atoms in total. The highest BCUT2D eigenvalue weighted by molar-refractivity contribution is 6.99. The number of aliphatic carboxylic acids is 1. The third kappa shape index (κ3) is 2.19. The highest BCUT2D eigenvalue weighted by atomic mass is 32.1. The molecule has 1 atom stereocenters. The van der Waals surface area contributed by atoms with Crippen molar-refractivity contribution in [2.24, 2.45) is 0 Å². The van der Waals surface area contributed by atoms with E-state index in [0.29, 0.717) is 12.2 Å². The zero-order chi connectivity index (χ0) is 11.5. The van der Waals surface area contributed by atoms with Crippen molar-refractivity contribution in [3.63, 3.8) is 0 Å². The van der Waals surface area contributed by atoms with Gasteiger partial charge in [-0.3, -0.25) is 9.59 Å². The lowest BCUT2D eigenvalue weighted by atomic mass is 10.1. The number of carbonyl (C=O) groups excluding carboxylic acids is 1. The lowest BCUT2D eigenvalue weighted by Gasteiger charge is -2.22. The summed E-state index contributed by atoms with van der Waals surface area (Å²) in [5, 5.41) is 8.74. The molecule has 0 aromatic carbocycles. The first-order valence-corrected chi connectivity index (χ1v) is 5.72. The number of hydrogen-bond donors (Lipinski definition) is 1. The quantitative estimate of drug-likeness (QED) is 0.838. The minimum Gasteiger partial charge on any atom is -0.481 e. The van der Waals surface area contributed by atoms with E-state index in [1.807, 2.05) is 0 Å². The van der Waals surface area contributed by atoms with E-state index in [0.717, 1.165) is 24.6 Å². The summed E-state index contributed by atoms with van der Waals surface area (Å²) in [6.45, 7) is 0.605. The molecule has 0 aliphatic carbocycles. The molecule has 1 aliphatic rings. The molecule has 86 valence electrons. The van der Waals surface area contributed by atoms with Gasteiger partial charge in [0, 0.05) is 12.6 Å². The van der Waals surface area contributed by atoms with Crippen LogP contribution in [-0.4, -0.2) is 43.2 Å². The van der Waals surface area contributed by atoms with E-state index in [1.165, 1.54) is 6.20 Å². The Morgan fingerprint density at radius 2 is 2.44 bits per heavy atom. The van der Waals surface area contributed by atoms with Gasteiger partial charge < -0.3 is 10.0 Å². The number of carboxylic acids is 1. The molecule has 1 amide bonds. The van der Waals surface area contributed by atoms with Crippen molar-refractivity contribution < 1.29 is 14.7 Å². The minimum absolute atomic E-state index is 0.00328. The Balaban J connectivity index is 2.08. The third-order valence-corrected chi connectivity index (χ3v) is 3.11. The average Bonchev–Trinajstić information content (AvgIpc) is 2.84. The number of amides is 1. The topological polar surface area (TPSA) is 83.4 Å². The molecule has 0 radical (unpaired) electrons. The van der Waals surface area contributed by atoms with Crippen molar-refractivity contribution in [1.82, 2.24) is 13.6 Å². The zero-order valence-corrected chi connectivity index (χ0v) is 9.31. The second-order valence-corrected chi connectivity index (χ2v) is 4.24.